The van der Waals surface area contributed by atoms with Gasteiger partial charge in [0.25, 0.3) is 0 Å². The van der Waals surface area contributed by atoms with Gasteiger partial charge in [0.2, 0.25) is 0 Å². The van der Waals surface area contributed by atoms with Crippen LogP contribution in [0.2, 0.25) is 0 Å². The first-order valence-electron chi connectivity index (χ1n) is 4.41. The Balaban J connectivity index is 0. The number of aliphatic hydroxyl groups excluding tert-OH is 2. The van der Waals surface area contributed by atoms with Gasteiger partial charge in [-0.3, -0.25) is 9.69 Å². The van der Waals surface area contributed by atoms with Crippen molar-refractivity contribution in [3.8, 4) is 0 Å². The Hall–Kier alpha value is 0.930. The second-order valence-corrected chi connectivity index (χ2v) is 3.82. The predicted molar refractivity (Wildman–Crippen MR) is 64.7 cm³/mol. The Labute approximate surface area is 127 Å². The van der Waals surface area contributed by atoms with Crippen LogP contribution in [-0.2, 0) is 4.79 Å². The van der Waals surface area contributed by atoms with Gasteiger partial charge < -0.3 is 15.3 Å². The molecule has 0 aromatic carbocycles. The quantitative estimate of drug-likeness (QED) is 0.390. The van der Waals surface area contributed by atoms with E-state index in [0.717, 1.165) is 0 Å². The van der Waals surface area contributed by atoms with Crippen LogP contribution in [-0.4, -0.2) is 99.3 Å². The number of rotatable bonds is 8. The summed E-state index contributed by atoms with van der Waals surface area (Å²) in [5.41, 5.74) is 0. The second kappa shape index (κ2) is 11.0. The van der Waals surface area contributed by atoms with Crippen LogP contribution in [0.4, 0.5) is 0 Å². The Bertz CT molecular complexity index is 187. The molecule has 16 heavy (non-hydrogen) atoms. The van der Waals surface area contributed by atoms with Gasteiger partial charge in [-0.1, -0.05) is 0 Å². The van der Waals surface area contributed by atoms with E-state index in [0.29, 0.717) is 0 Å². The van der Waals surface area contributed by atoms with E-state index in [1.54, 1.807) is 0 Å². The van der Waals surface area contributed by atoms with Gasteiger partial charge in [-0.25, -0.2) is 0 Å². The van der Waals surface area contributed by atoms with Crippen LogP contribution in [0.3, 0.4) is 0 Å². The van der Waals surface area contributed by atoms with Crippen LogP contribution >= 0.6 is 23.2 Å². The fourth-order valence-electron chi connectivity index (χ4n) is 1.09. The third kappa shape index (κ3) is 10.1. The van der Waals surface area contributed by atoms with Crippen molar-refractivity contribution < 1.29 is 20.1 Å². The average Bonchev–Trinajstić information content (AvgIpc) is 2.16. The molecule has 8 heteroatoms. The first-order valence-corrected chi connectivity index (χ1v) is 5.48. The van der Waals surface area contributed by atoms with Gasteiger partial charge in [0.05, 0.1) is 18.8 Å². The Morgan fingerprint density at radius 2 is 1.50 bits per heavy atom. The maximum atomic E-state index is 10.5. The zero-order valence-electron chi connectivity index (χ0n) is 8.14. The van der Waals surface area contributed by atoms with Crippen molar-refractivity contribution >= 4 is 58.7 Å². The molecule has 0 aliphatic heterocycles. The van der Waals surface area contributed by atoms with Crippen LogP contribution in [0, 0.1) is 0 Å². The number of hydrogen-bond acceptors (Lipinski definition) is 4. The topological polar surface area (TPSA) is 81.0 Å². The number of carbonyl (C=O) groups is 1. The molecular formula is C8H16Cl2NNaO4. The number of carboxylic acids is 1. The van der Waals surface area contributed by atoms with Crippen LogP contribution < -0.4 is 0 Å². The molecule has 2 atom stereocenters. The minimum atomic E-state index is -1.03. The number of aliphatic carboxylic acids is 1. The third-order valence-electron chi connectivity index (χ3n) is 1.65. The van der Waals surface area contributed by atoms with Gasteiger partial charge >= 0.3 is 35.5 Å². The molecule has 0 aliphatic rings. The monoisotopic (exact) mass is 283 g/mol. The summed E-state index contributed by atoms with van der Waals surface area (Å²) < 4.78 is 0. The molecule has 92 valence electrons. The molecule has 5 nitrogen and oxygen atoms in total. The number of nitrogens with zero attached hydrogens (tertiary/aromatic N) is 1. The molecule has 2 unspecified atom stereocenters. The Morgan fingerprint density at radius 3 is 1.75 bits per heavy atom. The molecular weight excluding hydrogens is 268 g/mol. The van der Waals surface area contributed by atoms with Gasteiger partial charge in [-0.2, -0.15) is 0 Å². The molecule has 0 fully saturated rings. The van der Waals surface area contributed by atoms with Crippen LogP contribution in [0.25, 0.3) is 0 Å². The minimum absolute atomic E-state index is 0. The zero-order valence-corrected chi connectivity index (χ0v) is 9.66. The SMILES string of the molecule is O=C(O)CN(CC(O)CCl)CC(O)CCl.[NaH]. The van der Waals surface area contributed by atoms with Crippen molar-refractivity contribution in [2.45, 2.75) is 12.2 Å². The summed E-state index contributed by atoms with van der Waals surface area (Å²) in [6.45, 7) is -0.0601. The molecule has 0 radical (unpaired) electrons. The van der Waals surface area contributed by atoms with Gasteiger partial charge in [0, 0.05) is 24.8 Å². The van der Waals surface area contributed by atoms with E-state index < -0.39 is 18.2 Å². The molecule has 0 saturated heterocycles. The zero-order chi connectivity index (χ0) is 11.8. The number of halogens is 2. The van der Waals surface area contributed by atoms with Gasteiger partial charge in [0.1, 0.15) is 0 Å². The van der Waals surface area contributed by atoms with Crippen LogP contribution in [0.1, 0.15) is 0 Å². The molecule has 0 aliphatic carbocycles. The molecule has 0 amide bonds. The van der Waals surface area contributed by atoms with Crippen molar-refractivity contribution in [3.05, 3.63) is 0 Å². The number of aliphatic hydroxyl groups is 2. The average molecular weight is 284 g/mol. The summed E-state index contributed by atoms with van der Waals surface area (Å²) in [4.78, 5) is 11.9. The van der Waals surface area contributed by atoms with Gasteiger partial charge in [-0.15, -0.1) is 23.2 Å². The van der Waals surface area contributed by atoms with Gasteiger partial charge in [0.15, 0.2) is 0 Å². The molecule has 0 saturated carbocycles. The maximum absolute atomic E-state index is 10.5. The molecule has 3 N–H and O–H groups in total. The standard InChI is InChI=1S/C8H15Cl2NO4.Na.H/c9-1-6(12)3-11(5-8(14)15)4-7(13)2-10;;/h6-7,12-13H,1-5H2,(H,14,15);;. The fourth-order valence-corrected chi connectivity index (χ4v) is 1.28. The van der Waals surface area contributed by atoms with E-state index in [1.165, 1.54) is 4.90 Å². The summed E-state index contributed by atoms with van der Waals surface area (Å²) in [7, 11) is 0. The Kier molecular flexibility index (Phi) is 13.3. The summed E-state index contributed by atoms with van der Waals surface area (Å²) >= 11 is 10.8. The summed E-state index contributed by atoms with van der Waals surface area (Å²) in [6.07, 6.45) is -1.62. The normalized spacial score (nSPS) is 14.3. The molecule has 0 aromatic heterocycles. The molecule has 0 heterocycles. The molecule has 0 aromatic rings. The first-order chi connectivity index (χ1) is 6.99. The summed E-state index contributed by atoms with van der Waals surface area (Å²) in [6, 6.07) is 0. The Morgan fingerprint density at radius 1 is 1.12 bits per heavy atom. The number of alkyl halides is 2. The first kappa shape index (κ1) is 19.3. The molecule has 0 spiro atoms. The predicted octanol–water partition coefficient (Wildman–Crippen LogP) is -1.08. The van der Waals surface area contributed by atoms with Crippen molar-refractivity contribution in [2.75, 3.05) is 31.4 Å². The van der Waals surface area contributed by atoms with Crippen molar-refractivity contribution in [3.63, 3.8) is 0 Å². The molecule has 0 bridgehead atoms. The van der Waals surface area contributed by atoms with Crippen LogP contribution in [0.5, 0.6) is 0 Å². The fraction of sp³-hybridized carbons (Fsp3) is 0.875. The molecule has 0 rings (SSSR count). The van der Waals surface area contributed by atoms with E-state index >= 15 is 0 Å². The van der Waals surface area contributed by atoms with Crippen molar-refractivity contribution in [2.24, 2.45) is 0 Å². The van der Waals surface area contributed by atoms with Crippen molar-refractivity contribution in [1.29, 1.82) is 0 Å². The van der Waals surface area contributed by atoms with Gasteiger partial charge in [-0.05, 0) is 0 Å². The van der Waals surface area contributed by atoms with E-state index in [1.807, 2.05) is 0 Å². The van der Waals surface area contributed by atoms with Crippen molar-refractivity contribution in [1.82, 2.24) is 4.90 Å². The summed E-state index contributed by atoms with van der Waals surface area (Å²) in [5, 5.41) is 27.1. The van der Waals surface area contributed by atoms with E-state index in [4.69, 9.17) is 28.3 Å². The summed E-state index contributed by atoms with van der Waals surface area (Å²) in [5.74, 6) is -0.987. The van der Waals surface area contributed by atoms with E-state index in [9.17, 15) is 15.0 Å². The van der Waals surface area contributed by atoms with E-state index in [-0.39, 0.29) is 61.0 Å². The third-order valence-corrected chi connectivity index (χ3v) is 2.37. The van der Waals surface area contributed by atoms with Crippen LogP contribution in [0.15, 0.2) is 0 Å². The number of hydrogen-bond donors (Lipinski definition) is 3. The van der Waals surface area contributed by atoms with E-state index in [2.05, 4.69) is 0 Å². The second-order valence-electron chi connectivity index (χ2n) is 3.20. The number of carboxylic acid groups (broad SMARTS) is 1.